The van der Waals surface area contributed by atoms with E-state index >= 15 is 0 Å². The predicted molar refractivity (Wildman–Crippen MR) is 45.2 cm³/mol. The Balaban J connectivity index is 2.61. The van der Waals surface area contributed by atoms with Crippen LogP contribution in [0, 0.1) is 10.1 Å². The summed E-state index contributed by atoms with van der Waals surface area (Å²) in [4.78, 5) is 19.6. The van der Waals surface area contributed by atoms with Crippen molar-refractivity contribution in [2.24, 2.45) is 5.11 Å². The molecule has 0 aliphatic rings. The average Bonchev–Trinajstić information content (AvgIpc) is 2.65. The van der Waals surface area contributed by atoms with E-state index in [2.05, 4.69) is 40.9 Å². The number of aromatic nitrogens is 6. The van der Waals surface area contributed by atoms with Gasteiger partial charge in [-0.3, -0.25) is 0 Å². The zero-order valence-electron chi connectivity index (χ0n) is 7.24. The molecule has 0 fully saturated rings. The summed E-state index contributed by atoms with van der Waals surface area (Å²) in [5, 5.41) is 22.3. The lowest BCUT2D eigenvalue weighted by Gasteiger charge is -2.05. The second-order valence-electron chi connectivity index (χ2n) is 2.24. The molecule has 0 radical (unpaired) electrons. The highest BCUT2D eigenvalue weighted by molar-refractivity contribution is 5.41. The summed E-state index contributed by atoms with van der Waals surface area (Å²) >= 11 is 0. The van der Waals surface area contributed by atoms with E-state index in [4.69, 9.17) is 5.53 Å². The summed E-state index contributed by atoms with van der Waals surface area (Å²) in [6.07, 6.45) is 0. The molecule has 13 heteroatoms. The Bertz CT molecular complexity index is 594. The summed E-state index contributed by atoms with van der Waals surface area (Å²) in [6.45, 7) is 0. The number of tetrazole rings is 1. The number of rotatable bonds is 3. The van der Waals surface area contributed by atoms with Crippen LogP contribution in [0.25, 0.3) is 21.6 Å². The average molecular weight is 222 g/mol. The molecule has 0 saturated carbocycles. The first-order valence-electron chi connectivity index (χ1n) is 3.58. The third kappa shape index (κ3) is 1.60. The maximum Gasteiger partial charge on any atom is 0.205 e. The number of nitro groups is 1. The molecule has 0 amide bonds. The Morgan fingerprint density at radius 1 is 1.56 bits per heavy atom. The van der Waals surface area contributed by atoms with Crippen LogP contribution in [0.1, 0.15) is 0 Å². The van der Waals surface area contributed by atoms with Crippen LogP contribution in [-0.2, 0) is 0 Å². The van der Waals surface area contributed by atoms with E-state index in [1.165, 1.54) is 0 Å². The van der Waals surface area contributed by atoms with Crippen LogP contribution in [0.15, 0.2) is 5.11 Å². The van der Waals surface area contributed by atoms with E-state index in [1.807, 2.05) is 0 Å². The van der Waals surface area contributed by atoms with E-state index in [-0.39, 0.29) is 11.7 Å². The molecule has 0 aliphatic heterocycles. The van der Waals surface area contributed by atoms with Crippen LogP contribution in [0.2, 0.25) is 0 Å². The van der Waals surface area contributed by atoms with Crippen molar-refractivity contribution in [2.75, 3.05) is 0 Å². The van der Waals surface area contributed by atoms with Gasteiger partial charge >= 0.3 is 0 Å². The second kappa shape index (κ2) is 3.58. The second-order valence-corrected chi connectivity index (χ2v) is 2.24. The van der Waals surface area contributed by atoms with E-state index < -0.39 is 11.0 Å². The number of fused-ring (bicyclic) bond motifs is 1. The van der Waals surface area contributed by atoms with E-state index in [9.17, 15) is 10.1 Å². The van der Waals surface area contributed by atoms with Crippen molar-refractivity contribution < 1.29 is 5.03 Å². The maximum absolute atomic E-state index is 10.1. The van der Waals surface area contributed by atoms with Gasteiger partial charge < -0.3 is 9.97 Å². The van der Waals surface area contributed by atoms with Gasteiger partial charge in [-0.25, -0.2) is 10.1 Å². The van der Waals surface area contributed by atoms with E-state index in [0.717, 1.165) is 4.52 Å². The summed E-state index contributed by atoms with van der Waals surface area (Å²) in [7, 11) is 0. The van der Waals surface area contributed by atoms with Gasteiger partial charge in [0.15, 0.2) is 5.95 Å². The Hall–Kier alpha value is -3.08. The molecule has 0 atom stereocenters. The molecule has 0 unspecified atom stereocenters. The molecule has 2 aromatic heterocycles. The maximum atomic E-state index is 10.1. The van der Waals surface area contributed by atoms with Gasteiger partial charge in [0.2, 0.25) is 5.78 Å². The Morgan fingerprint density at radius 2 is 2.38 bits per heavy atom. The van der Waals surface area contributed by atoms with Crippen LogP contribution in [0.5, 0.6) is 0 Å². The molecule has 16 heavy (non-hydrogen) atoms. The zero-order valence-corrected chi connectivity index (χ0v) is 7.24. The quantitative estimate of drug-likeness (QED) is 0.231. The molecule has 2 rings (SSSR count). The standard InChI is InChI=1S/C3N11O2/c4-10-7-2-5-1(9-14(15)16)6-3-8-11-12-13(2)3/q-1. The lowest BCUT2D eigenvalue weighted by Crippen LogP contribution is -1.98. The monoisotopic (exact) mass is 222 g/mol. The van der Waals surface area contributed by atoms with Gasteiger partial charge in [-0.1, -0.05) is 5.43 Å². The van der Waals surface area contributed by atoms with Crippen molar-refractivity contribution in [2.45, 2.75) is 0 Å². The molecule has 2 aromatic rings. The van der Waals surface area contributed by atoms with Crippen molar-refractivity contribution >= 4 is 17.7 Å². The van der Waals surface area contributed by atoms with Crippen molar-refractivity contribution in [3.63, 3.8) is 0 Å². The van der Waals surface area contributed by atoms with Crippen molar-refractivity contribution in [3.05, 3.63) is 26.0 Å². The largest absolute Gasteiger partial charge is 0.335 e. The highest BCUT2D eigenvalue weighted by Crippen LogP contribution is 2.16. The van der Waals surface area contributed by atoms with Gasteiger partial charge in [-0.2, -0.15) is 4.52 Å². The molecule has 0 saturated heterocycles. The fourth-order valence-electron chi connectivity index (χ4n) is 0.855. The lowest BCUT2D eigenvalue weighted by molar-refractivity contribution is -0.419. The van der Waals surface area contributed by atoms with Gasteiger partial charge in [0.25, 0.3) is 0 Å². The van der Waals surface area contributed by atoms with E-state index in [1.54, 1.807) is 0 Å². The van der Waals surface area contributed by atoms with Crippen LogP contribution in [-0.4, -0.2) is 35.0 Å². The van der Waals surface area contributed by atoms with Gasteiger partial charge in [0.05, 0.1) is 0 Å². The summed E-state index contributed by atoms with van der Waals surface area (Å²) in [5.74, 6) is -0.911. The van der Waals surface area contributed by atoms with Crippen molar-refractivity contribution in [1.29, 1.82) is 0 Å². The van der Waals surface area contributed by atoms with Crippen LogP contribution in [0.3, 0.4) is 0 Å². The lowest BCUT2D eigenvalue weighted by atomic mass is 10.8. The van der Waals surface area contributed by atoms with Gasteiger partial charge in [-0.05, 0) is 21.1 Å². The normalized spacial score (nSPS) is 9.75. The molecule has 0 aromatic carbocycles. The fourth-order valence-corrected chi connectivity index (χ4v) is 0.855. The Morgan fingerprint density at radius 3 is 3.06 bits per heavy atom. The Labute approximate surface area is 84.9 Å². The number of hydrogen-bond donors (Lipinski definition) is 0. The molecule has 0 bridgehead atoms. The molecule has 2 heterocycles. The number of hydrogen-bond acceptors (Lipinski definition) is 8. The third-order valence-electron chi connectivity index (χ3n) is 1.35. The zero-order chi connectivity index (χ0) is 11.5. The first-order chi connectivity index (χ1) is 7.70. The van der Waals surface area contributed by atoms with Crippen molar-refractivity contribution in [3.8, 4) is 0 Å². The van der Waals surface area contributed by atoms with Gasteiger partial charge in [-0.15, -0.1) is 5.10 Å². The highest BCUT2D eigenvalue weighted by atomic mass is 16.7. The first kappa shape index (κ1) is 9.47. The first-order valence-corrected chi connectivity index (χ1v) is 3.58. The van der Waals surface area contributed by atoms with Gasteiger partial charge in [0, 0.05) is 4.91 Å². The van der Waals surface area contributed by atoms with Gasteiger partial charge in [0.1, 0.15) is 11.0 Å². The van der Waals surface area contributed by atoms with Crippen molar-refractivity contribution in [1.82, 2.24) is 30.0 Å². The topological polar surface area (TPSA) is 175 Å². The molecular weight excluding hydrogens is 222 g/mol. The van der Waals surface area contributed by atoms with Crippen LogP contribution in [0.4, 0.5) is 11.9 Å². The number of nitrogens with zero attached hydrogens (tertiary/aromatic N) is 11. The smallest absolute Gasteiger partial charge is 0.205 e. The number of azide groups is 1. The minimum Gasteiger partial charge on any atom is -0.335 e. The molecule has 0 spiro atoms. The third-order valence-corrected chi connectivity index (χ3v) is 1.35. The summed E-state index contributed by atoms with van der Waals surface area (Å²) < 4.78 is 0.915. The minimum atomic E-state index is -0.991. The SMILES string of the molecule is [N-]=[N+]=Nc1nc([N-][N+](=O)[O-])nc2nnnn12. The molecule has 0 aliphatic carbocycles. The summed E-state index contributed by atoms with van der Waals surface area (Å²) in [5.41, 5.74) is 11.1. The molecule has 80 valence electrons. The van der Waals surface area contributed by atoms with Crippen LogP contribution < -0.4 is 0 Å². The minimum absolute atomic E-state index is 0.113. The highest BCUT2D eigenvalue weighted by Gasteiger charge is 2.03. The Kier molecular flexibility index (Phi) is 2.12. The molecule has 13 nitrogen and oxygen atoms in total. The molecule has 0 N–H and O–H groups in total. The van der Waals surface area contributed by atoms with Crippen LogP contribution >= 0.6 is 0 Å². The fraction of sp³-hybridized carbons (Fsp3) is 0. The molecular formula is C3N11O2-. The summed E-state index contributed by atoms with van der Waals surface area (Å²) in [6, 6.07) is 0. The predicted octanol–water partition coefficient (Wildman–Crippen LogP) is 0.0530. The van der Waals surface area contributed by atoms with E-state index in [0.29, 0.717) is 0 Å².